The SMILES string of the molecule is C[C@@H](c1cnn(C(C)(C)C)c(=O)c1OCCN1CCOCC1)n1nc(-c2cc(O)cc(F)c2)c2c(N)ncnc21. The Hall–Kier alpha value is -4.10. The van der Waals surface area contributed by atoms with E-state index in [1.165, 1.54) is 23.1 Å². The largest absolute Gasteiger partial charge is 0.508 e. The lowest BCUT2D eigenvalue weighted by atomic mass is 10.1. The average molecular weight is 553 g/mol. The lowest BCUT2D eigenvalue weighted by molar-refractivity contribution is 0.0320. The van der Waals surface area contributed by atoms with E-state index in [1.54, 1.807) is 10.9 Å². The van der Waals surface area contributed by atoms with Gasteiger partial charge in [-0.1, -0.05) is 0 Å². The number of halogens is 1. The normalized spacial score (nSPS) is 15.4. The van der Waals surface area contributed by atoms with Gasteiger partial charge in [-0.2, -0.15) is 10.2 Å². The maximum Gasteiger partial charge on any atom is 0.309 e. The molecule has 0 radical (unpaired) electrons. The number of hydrogen-bond donors (Lipinski definition) is 2. The fourth-order valence-corrected chi connectivity index (χ4v) is 4.78. The number of anilines is 1. The van der Waals surface area contributed by atoms with Crippen molar-refractivity contribution in [3.63, 3.8) is 0 Å². The zero-order chi connectivity index (χ0) is 28.6. The van der Waals surface area contributed by atoms with Crippen LogP contribution in [0.5, 0.6) is 11.5 Å². The first-order chi connectivity index (χ1) is 19.0. The predicted octanol–water partition coefficient (Wildman–Crippen LogP) is 2.55. The molecule has 1 aromatic carbocycles. The third-order valence-corrected chi connectivity index (χ3v) is 6.85. The van der Waals surface area contributed by atoms with E-state index in [2.05, 4.69) is 20.0 Å². The predicted molar refractivity (Wildman–Crippen MR) is 147 cm³/mol. The number of phenols is 1. The van der Waals surface area contributed by atoms with Crippen LogP contribution in [0.1, 0.15) is 39.3 Å². The number of benzene rings is 1. The number of fused-ring (bicyclic) bond motifs is 1. The Morgan fingerprint density at radius 3 is 2.65 bits per heavy atom. The van der Waals surface area contributed by atoms with Crippen molar-refractivity contribution in [1.82, 2.24) is 34.4 Å². The van der Waals surface area contributed by atoms with Crippen LogP contribution in [0.3, 0.4) is 0 Å². The highest BCUT2D eigenvalue weighted by Crippen LogP contribution is 2.35. The van der Waals surface area contributed by atoms with Crippen LogP contribution >= 0.6 is 0 Å². The fraction of sp³-hybridized carbons (Fsp3) is 0.444. The second kappa shape index (κ2) is 10.8. The minimum atomic E-state index is -0.632. The van der Waals surface area contributed by atoms with Crippen LogP contribution in [-0.4, -0.2) is 79.0 Å². The molecule has 0 unspecified atom stereocenters. The summed E-state index contributed by atoms with van der Waals surface area (Å²) in [6.07, 6.45) is 2.91. The van der Waals surface area contributed by atoms with Crippen molar-refractivity contribution in [3.05, 3.63) is 52.5 Å². The third kappa shape index (κ3) is 5.34. The first kappa shape index (κ1) is 27.5. The summed E-state index contributed by atoms with van der Waals surface area (Å²) in [5.41, 5.74) is 6.75. The number of aromatic hydroxyl groups is 1. The lowest BCUT2D eigenvalue weighted by Crippen LogP contribution is -2.40. The van der Waals surface area contributed by atoms with Gasteiger partial charge >= 0.3 is 5.56 Å². The number of nitrogens with zero attached hydrogens (tertiary/aromatic N) is 7. The van der Waals surface area contributed by atoms with Gasteiger partial charge in [0.2, 0.25) is 0 Å². The van der Waals surface area contributed by atoms with Crippen molar-refractivity contribution in [2.45, 2.75) is 39.3 Å². The molecule has 3 aromatic heterocycles. The van der Waals surface area contributed by atoms with Crippen molar-refractivity contribution >= 4 is 16.9 Å². The molecule has 4 aromatic rings. The van der Waals surface area contributed by atoms with E-state index >= 15 is 0 Å². The standard InChI is InChI=1S/C27H33FN8O4/c1-16(35-25-21(24(29)30-15-31-25)22(33-35)17-11-18(28)13-19(37)12-17)20-14-32-36(27(2,3)4)26(38)23(20)40-10-7-34-5-8-39-9-6-34/h11-16,37H,5-10H2,1-4H3,(H2,29,30,31)/t16-/m0/s1. The van der Waals surface area contributed by atoms with Crippen LogP contribution in [0, 0.1) is 5.82 Å². The molecule has 0 bridgehead atoms. The van der Waals surface area contributed by atoms with Gasteiger partial charge < -0.3 is 20.3 Å². The molecule has 212 valence electrons. The van der Waals surface area contributed by atoms with E-state index in [1.807, 2.05) is 27.7 Å². The monoisotopic (exact) mass is 552 g/mol. The van der Waals surface area contributed by atoms with Crippen LogP contribution in [0.15, 0.2) is 35.5 Å². The van der Waals surface area contributed by atoms with E-state index in [0.29, 0.717) is 54.2 Å². The molecule has 5 rings (SSSR count). The fourth-order valence-electron chi connectivity index (χ4n) is 4.78. The quantitative estimate of drug-likeness (QED) is 0.351. The number of ether oxygens (including phenoxy) is 2. The Morgan fingerprint density at radius 2 is 1.95 bits per heavy atom. The Balaban J connectivity index is 1.59. The number of rotatable bonds is 7. The van der Waals surface area contributed by atoms with Crippen molar-refractivity contribution in [2.75, 3.05) is 45.2 Å². The molecule has 40 heavy (non-hydrogen) atoms. The molecule has 12 nitrogen and oxygen atoms in total. The van der Waals surface area contributed by atoms with E-state index in [4.69, 9.17) is 20.3 Å². The van der Waals surface area contributed by atoms with Gasteiger partial charge in [-0.05, 0) is 39.8 Å². The first-order valence-electron chi connectivity index (χ1n) is 13.1. The van der Waals surface area contributed by atoms with Crippen LogP contribution in [-0.2, 0) is 10.3 Å². The Labute approximate surface area is 230 Å². The van der Waals surface area contributed by atoms with Crippen LogP contribution in [0.2, 0.25) is 0 Å². The van der Waals surface area contributed by atoms with Crippen molar-refractivity contribution in [1.29, 1.82) is 0 Å². The van der Waals surface area contributed by atoms with Gasteiger partial charge in [-0.3, -0.25) is 9.69 Å². The molecule has 0 aliphatic carbocycles. The molecule has 1 aliphatic rings. The number of phenolic OH excluding ortho intramolecular Hbond substituents is 1. The molecule has 0 saturated carbocycles. The molecule has 1 saturated heterocycles. The third-order valence-electron chi connectivity index (χ3n) is 6.85. The lowest BCUT2D eigenvalue weighted by Gasteiger charge is -2.27. The van der Waals surface area contributed by atoms with Gasteiger partial charge in [0.25, 0.3) is 0 Å². The smallest absolute Gasteiger partial charge is 0.309 e. The molecule has 13 heteroatoms. The maximum absolute atomic E-state index is 14.2. The summed E-state index contributed by atoms with van der Waals surface area (Å²) in [5.74, 6) is -0.578. The van der Waals surface area contributed by atoms with Crippen LogP contribution in [0.25, 0.3) is 22.3 Å². The number of nitrogens with two attached hydrogens (primary N) is 1. The van der Waals surface area contributed by atoms with Crippen molar-refractivity contribution in [2.24, 2.45) is 0 Å². The molecule has 1 aliphatic heterocycles. The number of aromatic nitrogens is 6. The van der Waals surface area contributed by atoms with E-state index in [0.717, 1.165) is 19.2 Å². The van der Waals surface area contributed by atoms with Crippen LogP contribution in [0.4, 0.5) is 10.2 Å². The summed E-state index contributed by atoms with van der Waals surface area (Å²) < 4.78 is 28.8. The van der Waals surface area contributed by atoms with Crippen molar-refractivity contribution < 1.29 is 19.0 Å². The summed E-state index contributed by atoms with van der Waals surface area (Å²) >= 11 is 0. The molecule has 0 amide bonds. The van der Waals surface area contributed by atoms with Gasteiger partial charge in [0.05, 0.1) is 36.4 Å². The minimum Gasteiger partial charge on any atom is -0.508 e. The van der Waals surface area contributed by atoms with Gasteiger partial charge in [-0.25, -0.2) is 23.7 Å². The Morgan fingerprint density at radius 1 is 1.20 bits per heavy atom. The first-order valence-corrected chi connectivity index (χ1v) is 13.1. The minimum absolute atomic E-state index is 0.144. The number of nitrogen functional groups attached to an aromatic ring is 1. The van der Waals surface area contributed by atoms with Gasteiger partial charge in [0.1, 0.15) is 36.0 Å². The van der Waals surface area contributed by atoms with Gasteiger partial charge in [-0.15, -0.1) is 0 Å². The summed E-state index contributed by atoms with van der Waals surface area (Å²) in [4.78, 5) is 24.4. The van der Waals surface area contributed by atoms with Crippen molar-refractivity contribution in [3.8, 4) is 22.8 Å². The molecule has 4 heterocycles. The maximum atomic E-state index is 14.2. The van der Waals surface area contributed by atoms with E-state index in [-0.39, 0.29) is 22.9 Å². The van der Waals surface area contributed by atoms with Crippen LogP contribution < -0.4 is 16.0 Å². The second-order valence-electron chi connectivity index (χ2n) is 10.7. The molecule has 1 atom stereocenters. The summed E-state index contributed by atoms with van der Waals surface area (Å²) in [6, 6.07) is 3.05. The topological polar surface area (TPSA) is 146 Å². The molecule has 0 spiro atoms. The van der Waals surface area contributed by atoms with E-state index in [9.17, 15) is 14.3 Å². The molecular weight excluding hydrogens is 519 g/mol. The zero-order valence-electron chi connectivity index (χ0n) is 23.0. The van der Waals surface area contributed by atoms with E-state index < -0.39 is 17.4 Å². The number of hydrogen-bond acceptors (Lipinski definition) is 10. The Bertz CT molecular complexity index is 1570. The highest BCUT2D eigenvalue weighted by atomic mass is 19.1. The Kier molecular flexibility index (Phi) is 7.43. The summed E-state index contributed by atoms with van der Waals surface area (Å²) in [5, 5.41) is 19.6. The number of morpholine rings is 1. The second-order valence-corrected chi connectivity index (χ2v) is 10.7. The summed E-state index contributed by atoms with van der Waals surface area (Å²) in [6.45, 7) is 11.4. The van der Waals surface area contributed by atoms with Gasteiger partial charge in [0, 0.05) is 36.8 Å². The van der Waals surface area contributed by atoms with Gasteiger partial charge in [0.15, 0.2) is 11.4 Å². The average Bonchev–Trinajstić information content (AvgIpc) is 3.29. The summed E-state index contributed by atoms with van der Waals surface area (Å²) in [7, 11) is 0. The molecule has 1 fully saturated rings. The molecule has 3 N–H and O–H groups in total. The molecular formula is C27H33FN8O4. The zero-order valence-corrected chi connectivity index (χ0v) is 23.0. The highest BCUT2D eigenvalue weighted by Gasteiger charge is 2.28. The highest BCUT2D eigenvalue weighted by molar-refractivity contribution is 5.98.